The number of carbonyl (C=O) groups is 1. The number of aryl methyl sites for hydroxylation is 1. The molecular formula is C26H23N3O3S. The molecule has 0 unspecified atom stereocenters. The highest BCUT2D eigenvalue weighted by Crippen LogP contribution is 2.42. The fourth-order valence-corrected chi connectivity index (χ4v) is 4.91. The number of hydrogen-bond acceptors (Lipinski definition) is 6. The Kier molecular flexibility index (Phi) is 5.88. The minimum absolute atomic E-state index is 0.0293. The van der Waals surface area contributed by atoms with Crippen molar-refractivity contribution < 1.29 is 14.1 Å². The number of nitrogens with zero attached hydrogens (tertiary/aromatic N) is 3. The Morgan fingerprint density at radius 2 is 1.91 bits per heavy atom. The Bertz CT molecular complexity index is 1320. The molecule has 5 rings (SSSR count). The Labute approximate surface area is 196 Å². The lowest BCUT2D eigenvalue weighted by Gasteiger charge is -2.22. The summed E-state index contributed by atoms with van der Waals surface area (Å²) in [6, 6.07) is 21.5. The zero-order valence-corrected chi connectivity index (χ0v) is 19.3. The predicted octanol–water partition coefficient (Wildman–Crippen LogP) is 6.15. The molecule has 0 radical (unpaired) electrons. The van der Waals surface area contributed by atoms with Crippen molar-refractivity contribution in [2.75, 3.05) is 11.4 Å². The second-order valence-corrected chi connectivity index (χ2v) is 8.94. The molecule has 1 aliphatic heterocycles. The summed E-state index contributed by atoms with van der Waals surface area (Å²) in [6.45, 7) is 4.94. The van der Waals surface area contributed by atoms with Crippen LogP contribution in [0.2, 0.25) is 0 Å². The van der Waals surface area contributed by atoms with E-state index in [1.54, 1.807) is 11.8 Å². The molecule has 4 aromatic rings. The smallest absolute Gasteiger partial charge is 0.264 e. The normalized spacial score (nSPS) is 12.8. The molecule has 0 spiro atoms. The Balaban J connectivity index is 1.43. The number of anilines is 1. The fraction of sp³-hybridized carbons (Fsp3) is 0.192. The monoisotopic (exact) mass is 457 g/mol. The third kappa shape index (κ3) is 4.36. The zero-order valence-electron chi connectivity index (χ0n) is 18.4. The van der Waals surface area contributed by atoms with Gasteiger partial charge < -0.3 is 14.2 Å². The SMILES string of the molecule is CCCN1C(=O)c2ccccc2Sc2cc(-c3noc(COc4cccc(C)c4)n3)ccc21. The van der Waals surface area contributed by atoms with Gasteiger partial charge in [0.05, 0.1) is 11.3 Å². The number of rotatable bonds is 6. The van der Waals surface area contributed by atoms with Gasteiger partial charge in [-0.2, -0.15) is 4.98 Å². The van der Waals surface area contributed by atoms with Gasteiger partial charge in [0.1, 0.15) is 5.75 Å². The summed E-state index contributed by atoms with van der Waals surface area (Å²) < 4.78 is 11.2. The van der Waals surface area contributed by atoms with Crippen molar-refractivity contribution in [3.05, 3.63) is 83.7 Å². The lowest BCUT2D eigenvalue weighted by Crippen LogP contribution is -2.31. The van der Waals surface area contributed by atoms with E-state index in [2.05, 4.69) is 17.1 Å². The highest BCUT2D eigenvalue weighted by molar-refractivity contribution is 7.99. The molecular weight excluding hydrogens is 434 g/mol. The lowest BCUT2D eigenvalue weighted by molar-refractivity contribution is 0.0984. The molecule has 3 aromatic carbocycles. The second-order valence-electron chi connectivity index (χ2n) is 7.85. The van der Waals surface area contributed by atoms with Crippen molar-refractivity contribution in [1.29, 1.82) is 0 Å². The van der Waals surface area contributed by atoms with Crippen molar-refractivity contribution >= 4 is 23.4 Å². The van der Waals surface area contributed by atoms with Crippen LogP contribution in [-0.2, 0) is 6.61 Å². The van der Waals surface area contributed by atoms with Crippen LogP contribution in [0.4, 0.5) is 5.69 Å². The third-order valence-corrected chi connectivity index (χ3v) is 6.48. The highest BCUT2D eigenvalue weighted by atomic mass is 32.2. The van der Waals surface area contributed by atoms with Gasteiger partial charge in [-0.1, -0.05) is 48.1 Å². The molecule has 166 valence electrons. The maximum absolute atomic E-state index is 13.2. The number of ether oxygens (including phenoxy) is 1. The molecule has 1 amide bonds. The first kappa shape index (κ1) is 21.3. The van der Waals surface area contributed by atoms with Gasteiger partial charge in [0.15, 0.2) is 6.61 Å². The highest BCUT2D eigenvalue weighted by Gasteiger charge is 2.27. The van der Waals surface area contributed by atoms with Crippen LogP contribution in [0.3, 0.4) is 0 Å². The minimum atomic E-state index is 0.0293. The first-order chi connectivity index (χ1) is 16.1. The lowest BCUT2D eigenvalue weighted by atomic mass is 10.1. The molecule has 6 nitrogen and oxygen atoms in total. The van der Waals surface area contributed by atoms with Crippen LogP contribution in [0, 0.1) is 6.92 Å². The summed E-state index contributed by atoms with van der Waals surface area (Å²) in [6.07, 6.45) is 0.870. The maximum Gasteiger partial charge on any atom is 0.264 e. The number of amides is 1. The van der Waals surface area contributed by atoms with Crippen LogP contribution < -0.4 is 9.64 Å². The van der Waals surface area contributed by atoms with E-state index in [-0.39, 0.29) is 12.5 Å². The van der Waals surface area contributed by atoms with Gasteiger partial charge in [0.25, 0.3) is 11.8 Å². The summed E-state index contributed by atoms with van der Waals surface area (Å²) in [7, 11) is 0. The van der Waals surface area contributed by atoms with Gasteiger partial charge in [0, 0.05) is 21.9 Å². The summed E-state index contributed by atoms with van der Waals surface area (Å²) >= 11 is 1.59. The fourth-order valence-electron chi connectivity index (χ4n) is 3.79. The Morgan fingerprint density at radius 3 is 2.76 bits per heavy atom. The van der Waals surface area contributed by atoms with E-state index in [0.29, 0.717) is 18.3 Å². The molecule has 0 bridgehead atoms. The van der Waals surface area contributed by atoms with Crippen LogP contribution in [0.15, 0.2) is 81.0 Å². The van der Waals surface area contributed by atoms with Crippen LogP contribution in [-0.4, -0.2) is 22.6 Å². The van der Waals surface area contributed by atoms with Crippen LogP contribution in [0.5, 0.6) is 5.75 Å². The van der Waals surface area contributed by atoms with Gasteiger partial charge in [0.2, 0.25) is 5.82 Å². The summed E-state index contributed by atoms with van der Waals surface area (Å²) in [5.41, 5.74) is 3.58. The molecule has 2 heterocycles. The number of benzene rings is 3. The summed E-state index contributed by atoms with van der Waals surface area (Å²) in [5, 5.41) is 4.15. The van der Waals surface area contributed by atoms with Gasteiger partial charge in [-0.05, 0) is 61.4 Å². The molecule has 0 aliphatic carbocycles. The standard InChI is InChI=1S/C26H23N3O3S/c1-3-13-29-21-12-11-18(15-23(21)33-22-10-5-4-9-20(22)26(29)30)25-27-24(32-28-25)16-31-19-8-6-7-17(2)14-19/h4-12,14-15H,3,13,16H2,1-2H3. The van der Waals surface area contributed by atoms with Crippen molar-refractivity contribution in [2.24, 2.45) is 0 Å². The van der Waals surface area contributed by atoms with Crippen molar-refractivity contribution in [3.63, 3.8) is 0 Å². The molecule has 0 saturated carbocycles. The van der Waals surface area contributed by atoms with Gasteiger partial charge in [-0.15, -0.1) is 0 Å². The largest absolute Gasteiger partial charge is 0.484 e. The average Bonchev–Trinajstić information content (AvgIpc) is 3.26. The van der Waals surface area contributed by atoms with E-state index >= 15 is 0 Å². The molecule has 0 atom stereocenters. The van der Waals surface area contributed by atoms with E-state index < -0.39 is 0 Å². The number of aromatic nitrogens is 2. The summed E-state index contributed by atoms with van der Waals surface area (Å²) in [4.78, 5) is 21.5. The topological polar surface area (TPSA) is 68.5 Å². The molecule has 7 heteroatoms. The van der Waals surface area contributed by atoms with Gasteiger partial charge >= 0.3 is 0 Å². The van der Waals surface area contributed by atoms with Crippen LogP contribution >= 0.6 is 11.8 Å². The minimum Gasteiger partial charge on any atom is -0.484 e. The summed E-state index contributed by atoms with van der Waals surface area (Å²) in [5.74, 6) is 1.69. The van der Waals surface area contributed by atoms with E-state index in [1.807, 2.05) is 78.6 Å². The molecule has 1 aliphatic rings. The Hall–Kier alpha value is -3.58. The molecule has 0 N–H and O–H groups in total. The molecule has 33 heavy (non-hydrogen) atoms. The first-order valence-electron chi connectivity index (χ1n) is 10.9. The van der Waals surface area contributed by atoms with Crippen molar-refractivity contribution in [2.45, 2.75) is 36.7 Å². The zero-order chi connectivity index (χ0) is 22.8. The first-order valence-corrected chi connectivity index (χ1v) is 11.7. The predicted molar refractivity (Wildman–Crippen MR) is 128 cm³/mol. The number of carbonyl (C=O) groups excluding carboxylic acids is 1. The average molecular weight is 458 g/mol. The van der Waals surface area contributed by atoms with E-state index in [1.165, 1.54) is 0 Å². The molecule has 0 fully saturated rings. The van der Waals surface area contributed by atoms with Crippen molar-refractivity contribution in [3.8, 4) is 17.1 Å². The van der Waals surface area contributed by atoms with Gasteiger partial charge in [-0.3, -0.25) is 4.79 Å². The Morgan fingerprint density at radius 1 is 1.03 bits per heavy atom. The van der Waals surface area contributed by atoms with Crippen LogP contribution in [0.25, 0.3) is 11.4 Å². The van der Waals surface area contributed by atoms with Crippen LogP contribution in [0.1, 0.15) is 35.2 Å². The number of fused-ring (bicyclic) bond motifs is 2. The quantitative estimate of drug-likeness (QED) is 0.346. The van der Waals surface area contributed by atoms with E-state index in [4.69, 9.17) is 9.26 Å². The maximum atomic E-state index is 13.2. The van der Waals surface area contributed by atoms with Gasteiger partial charge in [-0.25, -0.2) is 0 Å². The van der Waals surface area contributed by atoms with E-state index in [9.17, 15) is 4.79 Å². The van der Waals surface area contributed by atoms with E-state index in [0.717, 1.165) is 44.3 Å². The molecule has 1 aromatic heterocycles. The second kappa shape index (κ2) is 9.11. The molecule has 0 saturated heterocycles. The van der Waals surface area contributed by atoms with Crippen molar-refractivity contribution in [1.82, 2.24) is 10.1 Å². The third-order valence-electron chi connectivity index (χ3n) is 5.36. The number of hydrogen-bond donors (Lipinski definition) is 0.